The zero-order valence-electron chi connectivity index (χ0n) is 17.8. The summed E-state index contributed by atoms with van der Waals surface area (Å²) < 4.78 is 45.0. The first kappa shape index (κ1) is 21.9. The maximum Gasteiger partial charge on any atom is 0.416 e. The lowest BCUT2D eigenvalue weighted by molar-refractivity contribution is -0.107. The number of ether oxygens (including phenoxy) is 1. The molecule has 4 rings (SSSR count). The molecule has 0 amide bonds. The van der Waals surface area contributed by atoms with Gasteiger partial charge in [0.05, 0.1) is 23.3 Å². The molecule has 1 aliphatic carbocycles. The standard InChI is InChI=1S/C23H29F3N4O/c1-3-20(30-11-9-22(10-12-30)8-4-5-13-31-22)27-15-16(2)21-28-18-7-6-17(23(24,25)26)14-19(18)29-21/h3,6-7,14-15,18-19H,2,4-5,8-13H2,1H3,(H,28,29)/b20-3+,27-15-. The highest BCUT2D eigenvalue weighted by atomic mass is 19.4. The Kier molecular flexibility index (Phi) is 6.10. The van der Waals surface area contributed by atoms with Gasteiger partial charge in [-0.3, -0.25) is 4.99 Å². The van der Waals surface area contributed by atoms with Gasteiger partial charge in [-0.1, -0.05) is 18.7 Å². The van der Waals surface area contributed by atoms with E-state index < -0.39 is 17.8 Å². The fourth-order valence-corrected chi connectivity index (χ4v) is 4.62. The molecular formula is C23H29F3N4O. The first-order valence-corrected chi connectivity index (χ1v) is 10.9. The van der Waals surface area contributed by atoms with Crippen molar-refractivity contribution in [2.24, 2.45) is 9.98 Å². The predicted octanol–water partition coefficient (Wildman–Crippen LogP) is 4.31. The van der Waals surface area contributed by atoms with Crippen LogP contribution in [0, 0.1) is 0 Å². The van der Waals surface area contributed by atoms with Crippen LogP contribution in [0.5, 0.6) is 0 Å². The van der Waals surface area contributed by atoms with Gasteiger partial charge >= 0.3 is 6.18 Å². The molecule has 8 heteroatoms. The van der Waals surface area contributed by atoms with Crippen LogP contribution < -0.4 is 5.32 Å². The number of allylic oxidation sites excluding steroid dienone is 3. The van der Waals surface area contributed by atoms with Crippen LogP contribution in [-0.4, -0.2) is 60.5 Å². The Morgan fingerprint density at radius 1 is 1.32 bits per heavy atom. The monoisotopic (exact) mass is 434 g/mol. The highest BCUT2D eigenvalue weighted by Gasteiger charge is 2.38. The number of hydrogen-bond donors (Lipinski definition) is 1. The summed E-state index contributed by atoms with van der Waals surface area (Å²) in [4.78, 5) is 11.3. The molecule has 0 aromatic heterocycles. The third-order valence-corrected chi connectivity index (χ3v) is 6.46. The van der Waals surface area contributed by atoms with E-state index in [9.17, 15) is 13.2 Å². The van der Waals surface area contributed by atoms with Crippen LogP contribution in [0.4, 0.5) is 13.2 Å². The van der Waals surface area contributed by atoms with Crippen LogP contribution in [0.3, 0.4) is 0 Å². The van der Waals surface area contributed by atoms with Crippen LogP contribution in [0.2, 0.25) is 0 Å². The topological polar surface area (TPSA) is 49.2 Å². The minimum absolute atomic E-state index is 0.0377. The number of alkyl halides is 3. The summed E-state index contributed by atoms with van der Waals surface area (Å²) in [7, 11) is 0. The van der Waals surface area contributed by atoms with Crippen molar-refractivity contribution in [3.05, 3.63) is 47.9 Å². The molecule has 3 heterocycles. The molecule has 168 valence electrons. The Labute approximate surface area is 181 Å². The lowest BCUT2D eigenvalue weighted by Crippen LogP contribution is -2.47. The summed E-state index contributed by atoms with van der Waals surface area (Å²) in [5.41, 5.74) is -0.0677. The fourth-order valence-electron chi connectivity index (χ4n) is 4.62. The zero-order chi connectivity index (χ0) is 22.1. The van der Waals surface area contributed by atoms with Crippen LogP contribution >= 0.6 is 0 Å². The lowest BCUT2D eigenvalue weighted by atomic mass is 9.84. The normalized spacial score (nSPS) is 28.4. The third kappa shape index (κ3) is 4.79. The van der Waals surface area contributed by atoms with Gasteiger partial charge in [-0.15, -0.1) is 0 Å². The summed E-state index contributed by atoms with van der Waals surface area (Å²) >= 11 is 0. The average Bonchev–Trinajstić information content (AvgIpc) is 3.19. The zero-order valence-corrected chi connectivity index (χ0v) is 17.8. The van der Waals surface area contributed by atoms with Gasteiger partial charge in [-0.05, 0) is 51.2 Å². The minimum Gasteiger partial charge on any atom is -0.375 e. The molecule has 3 aliphatic heterocycles. The van der Waals surface area contributed by atoms with Gasteiger partial charge in [-0.2, -0.15) is 13.2 Å². The predicted molar refractivity (Wildman–Crippen MR) is 116 cm³/mol. The van der Waals surface area contributed by atoms with Gasteiger partial charge in [0.2, 0.25) is 0 Å². The van der Waals surface area contributed by atoms with Gasteiger partial charge in [0.25, 0.3) is 0 Å². The quantitative estimate of drug-likeness (QED) is 0.671. The number of amidine groups is 1. The fraction of sp³-hybridized carbons (Fsp3) is 0.565. The van der Waals surface area contributed by atoms with E-state index in [2.05, 4.69) is 26.8 Å². The molecule has 0 aromatic rings. The number of nitrogens with one attached hydrogen (secondary N) is 1. The SMILES string of the molecule is C=C(/C=N\C(=C/C)N1CCC2(CCCCO2)CC1)C1=NC2C=CC(C(F)(F)F)=CC2N1. The molecule has 31 heavy (non-hydrogen) atoms. The molecule has 2 saturated heterocycles. The highest BCUT2D eigenvalue weighted by molar-refractivity contribution is 6.15. The summed E-state index contributed by atoms with van der Waals surface area (Å²) in [6, 6.07) is -0.877. The first-order valence-electron chi connectivity index (χ1n) is 10.9. The Balaban J connectivity index is 1.35. The second-order valence-corrected chi connectivity index (χ2v) is 8.52. The van der Waals surface area contributed by atoms with Gasteiger partial charge in [0.15, 0.2) is 0 Å². The van der Waals surface area contributed by atoms with Crippen molar-refractivity contribution in [2.75, 3.05) is 19.7 Å². The smallest absolute Gasteiger partial charge is 0.375 e. The van der Waals surface area contributed by atoms with E-state index in [0.29, 0.717) is 11.4 Å². The second-order valence-electron chi connectivity index (χ2n) is 8.52. The number of halogens is 3. The van der Waals surface area contributed by atoms with Gasteiger partial charge in [0.1, 0.15) is 11.7 Å². The van der Waals surface area contributed by atoms with E-state index in [1.165, 1.54) is 18.6 Å². The summed E-state index contributed by atoms with van der Waals surface area (Å²) in [6.07, 6.45) is 8.51. The van der Waals surface area contributed by atoms with Crippen molar-refractivity contribution in [1.29, 1.82) is 0 Å². The van der Waals surface area contributed by atoms with E-state index in [-0.39, 0.29) is 11.6 Å². The molecule has 1 spiro atoms. The maximum absolute atomic E-state index is 13.0. The van der Waals surface area contributed by atoms with Crippen molar-refractivity contribution in [3.63, 3.8) is 0 Å². The Bertz CT molecular complexity index is 853. The minimum atomic E-state index is -4.36. The number of likely N-dealkylation sites (tertiary alicyclic amines) is 1. The number of piperidine rings is 1. The molecule has 2 fully saturated rings. The molecule has 0 radical (unpaired) electrons. The van der Waals surface area contributed by atoms with E-state index in [0.717, 1.165) is 57.3 Å². The molecule has 4 aliphatic rings. The third-order valence-electron chi connectivity index (χ3n) is 6.46. The maximum atomic E-state index is 13.0. The first-order chi connectivity index (χ1) is 14.8. The average molecular weight is 435 g/mol. The molecule has 2 unspecified atom stereocenters. The lowest BCUT2D eigenvalue weighted by Gasteiger charge is -2.44. The van der Waals surface area contributed by atoms with Gasteiger partial charge in [0, 0.05) is 31.5 Å². The summed E-state index contributed by atoms with van der Waals surface area (Å²) in [5, 5.41) is 3.04. The number of fused-ring (bicyclic) bond motifs is 1. The number of nitrogens with zero attached hydrogens (tertiary/aromatic N) is 3. The Morgan fingerprint density at radius 2 is 2.10 bits per heavy atom. The molecule has 1 N–H and O–H groups in total. The van der Waals surface area contributed by atoms with Crippen LogP contribution in [0.1, 0.15) is 39.0 Å². The van der Waals surface area contributed by atoms with Crippen molar-refractivity contribution in [2.45, 2.75) is 62.9 Å². The van der Waals surface area contributed by atoms with Crippen LogP contribution in [0.25, 0.3) is 0 Å². The summed E-state index contributed by atoms with van der Waals surface area (Å²) in [5.74, 6) is 1.34. The van der Waals surface area contributed by atoms with E-state index in [4.69, 9.17) is 4.74 Å². The van der Waals surface area contributed by atoms with E-state index in [1.807, 2.05) is 13.0 Å². The molecule has 2 atom stereocenters. The molecule has 5 nitrogen and oxygen atoms in total. The van der Waals surface area contributed by atoms with Crippen molar-refractivity contribution < 1.29 is 17.9 Å². The van der Waals surface area contributed by atoms with Crippen molar-refractivity contribution >= 4 is 12.1 Å². The van der Waals surface area contributed by atoms with Gasteiger partial charge < -0.3 is 15.0 Å². The van der Waals surface area contributed by atoms with E-state index in [1.54, 1.807) is 6.21 Å². The van der Waals surface area contributed by atoms with Crippen LogP contribution in [-0.2, 0) is 4.74 Å². The Morgan fingerprint density at radius 3 is 2.74 bits per heavy atom. The Hall–Kier alpha value is -2.35. The number of rotatable bonds is 4. The molecule has 0 bridgehead atoms. The van der Waals surface area contributed by atoms with Gasteiger partial charge in [-0.25, -0.2) is 4.99 Å². The van der Waals surface area contributed by atoms with Crippen molar-refractivity contribution in [3.8, 4) is 0 Å². The van der Waals surface area contributed by atoms with Crippen molar-refractivity contribution in [1.82, 2.24) is 10.2 Å². The number of hydrogen-bond acceptors (Lipinski definition) is 5. The second kappa shape index (κ2) is 8.65. The largest absolute Gasteiger partial charge is 0.416 e. The number of aliphatic imine (C=N–C) groups is 2. The van der Waals surface area contributed by atoms with Crippen LogP contribution in [0.15, 0.2) is 57.8 Å². The van der Waals surface area contributed by atoms with E-state index >= 15 is 0 Å². The molecule has 0 saturated carbocycles. The summed E-state index contributed by atoms with van der Waals surface area (Å²) in [6.45, 7) is 8.60. The molecular weight excluding hydrogens is 405 g/mol. The molecule has 0 aromatic carbocycles. The highest BCUT2D eigenvalue weighted by Crippen LogP contribution is 2.36.